The maximum atomic E-state index is 10.3. The number of carbonyl (C=O) groups is 1. The van der Waals surface area contributed by atoms with E-state index >= 15 is 0 Å². The fraction of sp³-hybridized carbons (Fsp3) is 0.889. The number of amides is 1. The van der Waals surface area contributed by atoms with E-state index in [1.54, 1.807) is 0 Å². The molecule has 2 aliphatic rings. The first-order valence-electron chi connectivity index (χ1n) is 4.93. The molecule has 2 saturated heterocycles. The number of carbonyl (C=O) groups excluding carboxylic acids is 1. The summed E-state index contributed by atoms with van der Waals surface area (Å²) in [5, 5.41) is 12.5. The Hall–Kier alpha value is -0.610. The average molecular weight is 184 g/mol. The van der Waals surface area contributed by atoms with Crippen LogP contribution in [0.5, 0.6) is 0 Å². The zero-order valence-corrected chi connectivity index (χ0v) is 7.65. The van der Waals surface area contributed by atoms with Gasteiger partial charge in [-0.05, 0) is 25.8 Å². The summed E-state index contributed by atoms with van der Waals surface area (Å²) < 4.78 is 0. The number of nitrogens with zero attached hydrogens (tertiary/aromatic N) is 1. The summed E-state index contributed by atoms with van der Waals surface area (Å²) >= 11 is 0. The van der Waals surface area contributed by atoms with Crippen molar-refractivity contribution in [1.82, 2.24) is 10.2 Å². The summed E-state index contributed by atoms with van der Waals surface area (Å²) in [6.45, 7) is 1.97. The predicted molar refractivity (Wildman–Crippen MR) is 48.2 cm³/mol. The molecule has 0 bridgehead atoms. The molecule has 0 aromatic rings. The molecule has 2 N–H and O–H groups in total. The van der Waals surface area contributed by atoms with Crippen LogP contribution in [-0.4, -0.2) is 47.7 Å². The lowest BCUT2D eigenvalue weighted by atomic mass is 9.96. The number of aliphatic hydroxyl groups is 1. The van der Waals surface area contributed by atoms with E-state index in [9.17, 15) is 9.90 Å². The first kappa shape index (κ1) is 8.97. The zero-order chi connectivity index (χ0) is 9.26. The van der Waals surface area contributed by atoms with Gasteiger partial charge in [-0.1, -0.05) is 0 Å². The second-order valence-corrected chi connectivity index (χ2v) is 3.99. The normalized spacial score (nSPS) is 39.9. The van der Waals surface area contributed by atoms with Gasteiger partial charge in [-0.2, -0.15) is 0 Å². The number of piperidine rings is 1. The van der Waals surface area contributed by atoms with E-state index in [2.05, 4.69) is 10.2 Å². The van der Waals surface area contributed by atoms with Crippen LogP contribution in [-0.2, 0) is 4.79 Å². The van der Waals surface area contributed by atoms with Gasteiger partial charge < -0.3 is 10.4 Å². The second kappa shape index (κ2) is 3.64. The number of fused-ring (bicyclic) bond motifs is 1. The van der Waals surface area contributed by atoms with Crippen LogP contribution in [0, 0.1) is 0 Å². The van der Waals surface area contributed by atoms with Gasteiger partial charge in [-0.3, -0.25) is 9.69 Å². The molecule has 13 heavy (non-hydrogen) atoms. The minimum absolute atomic E-state index is 0.141. The summed E-state index contributed by atoms with van der Waals surface area (Å²) in [7, 11) is 0. The molecule has 2 unspecified atom stereocenters. The van der Waals surface area contributed by atoms with E-state index in [1.807, 2.05) is 0 Å². The highest BCUT2D eigenvalue weighted by atomic mass is 16.3. The third-order valence-electron chi connectivity index (χ3n) is 3.14. The van der Waals surface area contributed by atoms with Crippen LogP contribution in [0.1, 0.15) is 19.3 Å². The molecular formula is C9H16N2O2. The largest absolute Gasteiger partial charge is 0.391 e. The second-order valence-electron chi connectivity index (χ2n) is 3.99. The Bertz CT molecular complexity index is 198. The SMILES string of the molecule is O=CN[C@@H]1CC(O)C2CCCN2C1. The molecule has 0 saturated carbocycles. The molecule has 2 heterocycles. The number of hydrogen-bond acceptors (Lipinski definition) is 3. The minimum Gasteiger partial charge on any atom is -0.391 e. The van der Waals surface area contributed by atoms with E-state index in [0.717, 1.165) is 25.9 Å². The quantitative estimate of drug-likeness (QED) is 0.560. The smallest absolute Gasteiger partial charge is 0.207 e. The maximum Gasteiger partial charge on any atom is 0.207 e. The van der Waals surface area contributed by atoms with E-state index in [1.165, 1.54) is 6.42 Å². The van der Waals surface area contributed by atoms with E-state index < -0.39 is 0 Å². The van der Waals surface area contributed by atoms with Crippen molar-refractivity contribution in [3.63, 3.8) is 0 Å². The maximum absolute atomic E-state index is 10.3. The van der Waals surface area contributed by atoms with Crippen LogP contribution < -0.4 is 5.32 Å². The van der Waals surface area contributed by atoms with Gasteiger partial charge in [0.15, 0.2) is 0 Å². The lowest BCUT2D eigenvalue weighted by molar-refractivity contribution is -0.111. The van der Waals surface area contributed by atoms with E-state index in [-0.39, 0.29) is 12.1 Å². The Kier molecular flexibility index (Phi) is 2.51. The van der Waals surface area contributed by atoms with Gasteiger partial charge in [0.1, 0.15) is 0 Å². The molecule has 0 aromatic carbocycles. The summed E-state index contributed by atoms with van der Waals surface area (Å²) in [6.07, 6.45) is 3.46. The van der Waals surface area contributed by atoms with E-state index in [0.29, 0.717) is 12.5 Å². The van der Waals surface area contributed by atoms with Crippen LogP contribution in [0.4, 0.5) is 0 Å². The Labute approximate surface area is 77.9 Å². The minimum atomic E-state index is -0.256. The number of hydrogen-bond donors (Lipinski definition) is 2. The molecule has 4 nitrogen and oxygen atoms in total. The molecule has 1 amide bonds. The van der Waals surface area contributed by atoms with Gasteiger partial charge in [-0.15, -0.1) is 0 Å². The highest BCUT2D eigenvalue weighted by molar-refractivity contribution is 5.46. The Morgan fingerprint density at radius 2 is 2.38 bits per heavy atom. The monoisotopic (exact) mass is 184 g/mol. The highest BCUT2D eigenvalue weighted by Gasteiger charge is 2.37. The molecule has 0 spiro atoms. The fourth-order valence-corrected chi connectivity index (χ4v) is 2.54. The molecule has 0 aliphatic carbocycles. The van der Waals surface area contributed by atoms with Crippen molar-refractivity contribution < 1.29 is 9.90 Å². The molecule has 4 heteroatoms. The van der Waals surface area contributed by atoms with Gasteiger partial charge in [0, 0.05) is 18.6 Å². The topological polar surface area (TPSA) is 52.6 Å². The van der Waals surface area contributed by atoms with Crippen molar-refractivity contribution in [3.05, 3.63) is 0 Å². The zero-order valence-electron chi connectivity index (χ0n) is 7.65. The summed E-state index contributed by atoms with van der Waals surface area (Å²) in [5.74, 6) is 0. The van der Waals surface area contributed by atoms with Gasteiger partial charge in [0.2, 0.25) is 6.41 Å². The van der Waals surface area contributed by atoms with Gasteiger partial charge in [-0.25, -0.2) is 0 Å². The average Bonchev–Trinajstić information content (AvgIpc) is 2.53. The first-order valence-corrected chi connectivity index (χ1v) is 4.93. The molecule has 2 aliphatic heterocycles. The van der Waals surface area contributed by atoms with Crippen molar-refractivity contribution in [2.75, 3.05) is 13.1 Å². The molecule has 0 aromatic heterocycles. The van der Waals surface area contributed by atoms with E-state index in [4.69, 9.17) is 0 Å². The van der Waals surface area contributed by atoms with Gasteiger partial charge in [0.05, 0.1) is 6.10 Å². The molecule has 2 fully saturated rings. The molecule has 2 rings (SSSR count). The van der Waals surface area contributed by atoms with Crippen LogP contribution in [0.2, 0.25) is 0 Å². The Morgan fingerprint density at radius 1 is 1.54 bits per heavy atom. The number of aliphatic hydroxyl groups excluding tert-OH is 1. The van der Waals surface area contributed by atoms with Crippen LogP contribution >= 0.6 is 0 Å². The molecule has 74 valence electrons. The lowest BCUT2D eigenvalue weighted by Crippen LogP contribution is -2.54. The van der Waals surface area contributed by atoms with Crippen molar-refractivity contribution in [3.8, 4) is 0 Å². The standard InChI is InChI=1S/C9H16N2O2/c12-6-10-7-4-9(13)8-2-1-3-11(8)5-7/h6-9,13H,1-5H2,(H,10,12)/t7-,8?,9?/m1/s1. The Morgan fingerprint density at radius 3 is 3.15 bits per heavy atom. The molecule has 0 radical (unpaired) electrons. The first-order chi connectivity index (χ1) is 6.31. The molecular weight excluding hydrogens is 168 g/mol. The van der Waals surface area contributed by atoms with Crippen molar-refractivity contribution in [1.29, 1.82) is 0 Å². The third kappa shape index (κ3) is 1.69. The number of nitrogens with one attached hydrogen (secondary N) is 1. The fourth-order valence-electron chi connectivity index (χ4n) is 2.54. The Balaban J connectivity index is 1.97. The van der Waals surface area contributed by atoms with Crippen molar-refractivity contribution >= 4 is 6.41 Å². The van der Waals surface area contributed by atoms with Crippen molar-refractivity contribution in [2.45, 2.75) is 37.5 Å². The lowest BCUT2D eigenvalue weighted by Gasteiger charge is -2.38. The number of rotatable bonds is 2. The molecule has 3 atom stereocenters. The van der Waals surface area contributed by atoms with Gasteiger partial charge >= 0.3 is 0 Å². The summed E-state index contributed by atoms with van der Waals surface area (Å²) in [6, 6.07) is 0.492. The van der Waals surface area contributed by atoms with Crippen LogP contribution in [0.25, 0.3) is 0 Å². The third-order valence-corrected chi connectivity index (χ3v) is 3.14. The predicted octanol–water partition coefficient (Wildman–Crippen LogP) is -0.670. The summed E-state index contributed by atoms with van der Waals surface area (Å²) in [5.41, 5.74) is 0. The van der Waals surface area contributed by atoms with Crippen LogP contribution in [0.3, 0.4) is 0 Å². The van der Waals surface area contributed by atoms with Crippen LogP contribution in [0.15, 0.2) is 0 Å². The highest BCUT2D eigenvalue weighted by Crippen LogP contribution is 2.26. The van der Waals surface area contributed by atoms with Gasteiger partial charge in [0.25, 0.3) is 0 Å². The van der Waals surface area contributed by atoms with Crippen molar-refractivity contribution in [2.24, 2.45) is 0 Å². The summed E-state index contributed by atoms with van der Waals surface area (Å²) in [4.78, 5) is 12.5.